The molecule has 0 rings (SSSR count). The van der Waals surface area contributed by atoms with Crippen LogP contribution in [0.2, 0.25) is 0 Å². The number of carbonyl (C=O) groups is 2. The predicted octanol–water partition coefficient (Wildman–Crippen LogP) is 0.104. The molecule has 0 amide bonds. The monoisotopic (exact) mass is 191 g/mol. The molecule has 2 N–H and O–H groups in total. The van der Waals surface area contributed by atoms with E-state index in [-0.39, 0.29) is 5.92 Å². The van der Waals surface area contributed by atoms with Crippen LogP contribution in [0, 0.1) is 5.92 Å². The van der Waals surface area contributed by atoms with Gasteiger partial charge in [-0.1, -0.05) is 13.8 Å². The van der Waals surface area contributed by atoms with Crippen molar-refractivity contribution in [3.05, 3.63) is 0 Å². The first-order chi connectivity index (χ1) is 6.01. The number of carboxylic acids is 1. The highest BCUT2D eigenvalue weighted by Crippen LogP contribution is 1.99. The summed E-state index contributed by atoms with van der Waals surface area (Å²) < 4.78 is 3.86. The van der Waals surface area contributed by atoms with Gasteiger partial charge in [-0.15, -0.1) is 0 Å². The van der Waals surface area contributed by atoms with Crippen LogP contribution in [0.1, 0.15) is 13.8 Å². The Kier molecular flexibility index (Phi) is 9.98. The van der Waals surface area contributed by atoms with Crippen LogP contribution in [0.25, 0.3) is 0 Å². The molecule has 0 saturated heterocycles. The summed E-state index contributed by atoms with van der Waals surface area (Å²) in [4.78, 5) is 19.3. The van der Waals surface area contributed by atoms with Crippen molar-refractivity contribution in [2.75, 3.05) is 14.2 Å². The van der Waals surface area contributed by atoms with Crippen LogP contribution in [-0.4, -0.2) is 37.7 Å². The van der Waals surface area contributed by atoms with Crippen LogP contribution in [0.3, 0.4) is 0 Å². The highest BCUT2D eigenvalue weighted by Gasteiger charge is 2.17. The molecule has 0 aliphatic carbocycles. The molecule has 0 saturated carbocycles. The van der Waals surface area contributed by atoms with Crippen molar-refractivity contribution in [1.29, 1.82) is 0 Å². The van der Waals surface area contributed by atoms with Crippen molar-refractivity contribution in [3.63, 3.8) is 0 Å². The normalized spacial score (nSPS) is 11.2. The Morgan fingerprint density at radius 3 is 1.92 bits per heavy atom. The lowest BCUT2D eigenvalue weighted by Crippen LogP contribution is -2.38. The number of methoxy groups -OCH3 is 1. The fourth-order valence-electron chi connectivity index (χ4n) is 0.742. The number of carboxylic acid groups (broad SMARTS) is 1. The minimum absolute atomic E-state index is 0.146. The van der Waals surface area contributed by atoms with Crippen molar-refractivity contribution >= 4 is 12.4 Å². The fourth-order valence-corrected chi connectivity index (χ4v) is 0.742. The fraction of sp³-hybridized carbons (Fsp3) is 0.750. The quantitative estimate of drug-likeness (QED) is 0.616. The zero-order chi connectivity index (χ0) is 10.9. The van der Waals surface area contributed by atoms with Crippen LogP contribution < -0.4 is 5.32 Å². The summed E-state index contributed by atoms with van der Waals surface area (Å²) in [7, 11) is 2.96. The minimum atomic E-state index is -0.785. The highest BCUT2D eigenvalue weighted by atomic mass is 16.5. The van der Waals surface area contributed by atoms with Gasteiger partial charge in [-0.05, 0) is 13.0 Å². The third-order valence-corrected chi connectivity index (χ3v) is 1.34. The summed E-state index contributed by atoms with van der Waals surface area (Å²) >= 11 is 0. The van der Waals surface area contributed by atoms with E-state index < -0.39 is 12.0 Å². The SMILES string of the molecule is CNC(C(=O)O)C(C)C.COC=O. The molecule has 0 aromatic heterocycles. The molecule has 0 aromatic rings. The Morgan fingerprint density at radius 1 is 1.54 bits per heavy atom. The molecule has 5 heteroatoms. The molecule has 0 bridgehead atoms. The molecule has 0 aliphatic rings. The van der Waals surface area contributed by atoms with E-state index in [0.717, 1.165) is 0 Å². The van der Waals surface area contributed by atoms with Crippen LogP contribution in [0.15, 0.2) is 0 Å². The highest BCUT2D eigenvalue weighted by molar-refractivity contribution is 5.73. The van der Waals surface area contributed by atoms with E-state index in [1.165, 1.54) is 7.11 Å². The summed E-state index contributed by atoms with van der Waals surface area (Å²) in [5.74, 6) is -0.639. The molecule has 13 heavy (non-hydrogen) atoms. The number of aliphatic carboxylic acids is 1. The Hall–Kier alpha value is -1.10. The third kappa shape index (κ3) is 8.81. The second-order valence-electron chi connectivity index (χ2n) is 2.68. The van der Waals surface area contributed by atoms with Crippen LogP contribution in [0.4, 0.5) is 0 Å². The first-order valence-electron chi connectivity index (χ1n) is 3.87. The number of likely N-dealkylation sites (N-methyl/N-ethyl adjacent to an activating group) is 1. The molecule has 0 aromatic carbocycles. The van der Waals surface area contributed by atoms with Crippen molar-refractivity contribution in [2.24, 2.45) is 5.92 Å². The first kappa shape index (κ1) is 14.4. The van der Waals surface area contributed by atoms with Crippen molar-refractivity contribution < 1.29 is 19.4 Å². The maximum Gasteiger partial charge on any atom is 0.320 e. The van der Waals surface area contributed by atoms with Gasteiger partial charge in [0.2, 0.25) is 0 Å². The maximum atomic E-state index is 10.3. The molecular weight excluding hydrogens is 174 g/mol. The molecule has 5 nitrogen and oxygen atoms in total. The largest absolute Gasteiger partial charge is 0.480 e. The minimum Gasteiger partial charge on any atom is -0.480 e. The molecule has 0 aliphatic heterocycles. The lowest BCUT2D eigenvalue weighted by molar-refractivity contribution is -0.140. The molecule has 1 unspecified atom stereocenters. The lowest BCUT2D eigenvalue weighted by atomic mass is 10.1. The summed E-state index contributed by atoms with van der Waals surface area (Å²) in [5.41, 5.74) is 0. The summed E-state index contributed by atoms with van der Waals surface area (Å²) in [6.45, 7) is 4.12. The van der Waals surface area contributed by atoms with Gasteiger partial charge in [0.25, 0.3) is 6.47 Å². The van der Waals surface area contributed by atoms with Gasteiger partial charge in [-0.3, -0.25) is 9.59 Å². The van der Waals surface area contributed by atoms with E-state index in [9.17, 15) is 4.79 Å². The molecule has 0 heterocycles. The van der Waals surface area contributed by atoms with E-state index in [0.29, 0.717) is 6.47 Å². The van der Waals surface area contributed by atoms with Gasteiger partial charge in [-0.2, -0.15) is 0 Å². The third-order valence-electron chi connectivity index (χ3n) is 1.34. The van der Waals surface area contributed by atoms with Gasteiger partial charge in [0, 0.05) is 0 Å². The second kappa shape index (κ2) is 8.99. The number of hydrogen-bond acceptors (Lipinski definition) is 4. The van der Waals surface area contributed by atoms with E-state index >= 15 is 0 Å². The Labute approximate surface area is 78.1 Å². The summed E-state index contributed by atoms with van der Waals surface area (Å²) in [6, 6.07) is -0.412. The van der Waals surface area contributed by atoms with Crippen molar-refractivity contribution in [2.45, 2.75) is 19.9 Å². The van der Waals surface area contributed by atoms with Gasteiger partial charge in [0.1, 0.15) is 6.04 Å². The Morgan fingerprint density at radius 2 is 1.92 bits per heavy atom. The van der Waals surface area contributed by atoms with Crippen LogP contribution in [-0.2, 0) is 14.3 Å². The second-order valence-corrected chi connectivity index (χ2v) is 2.68. The summed E-state index contributed by atoms with van der Waals surface area (Å²) in [6.07, 6.45) is 0. The number of nitrogens with one attached hydrogen (secondary N) is 1. The summed E-state index contributed by atoms with van der Waals surface area (Å²) in [5, 5.41) is 11.2. The van der Waals surface area contributed by atoms with Gasteiger partial charge >= 0.3 is 5.97 Å². The number of hydrogen-bond donors (Lipinski definition) is 2. The zero-order valence-corrected chi connectivity index (χ0v) is 8.40. The molecule has 0 fully saturated rings. The van der Waals surface area contributed by atoms with E-state index in [1.807, 2.05) is 13.8 Å². The molecule has 0 spiro atoms. The Balaban J connectivity index is 0. The van der Waals surface area contributed by atoms with Crippen molar-refractivity contribution in [1.82, 2.24) is 5.32 Å². The lowest BCUT2D eigenvalue weighted by Gasteiger charge is -2.13. The smallest absolute Gasteiger partial charge is 0.320 e. The van der Waals surface area contributed by atoms with Gasteiger partial charge in [0.15, 0.2) is 0 Å². The molecular formula is C8H17NO4. The standard InChI is InChI=1S/C6H13NO2.C2H4O2/c1-4(2)5(7-3)6(8)9;1-4-2-3/h4-5,7H,1-3H3,(H,8,9);2H,1H3. The van der Waals surface area contributed by atoms with Gasteiger partial charge in [0.05, 0.1) is 7.11 Å². The predicted molar refractivity (Wildman–Crippen MR) is 48.4 cm³/mol. The maximum absolute atomic E-state index is 10.3. The van der Waals surface area contributed by atoms with Crippen LogP contribution in [0.5, 0.6) is 0 Å². The molecule has 1 atom stereocenters. The molecule has 0 radical (unpaired) electrons. The average molecular weight is 191 g/mol. The number of rotatable bonds is 4. The van der Waals surface area contributed by atoms with Crippen molar-refractivity contribution in [3.8, 4) is 0 Å². The number of carbonyl (C=O) groups excluding carboxylic acids is 1. The van der Waals surface area contributed by atoms with E-state index in [1.54, 1.807) is 7.05 Å². The average Bonchev–Trinajstić information content (AvgIpc) is 2.04. The topological polar surface area (TPSA) is 75.6 Å². The first-order valence-corrected chi connectivity index (χ1v) is 3.87. The zero-order valence-electron chi connectivity index (χ0n) is 8.40. The van der Waals surface area contributed by atoms with E-state index in [2.05, 4.69) is 10.1 Å². The van der Waals surface area contributed by atoms with E-state index in [4.69, 9.17) is 9.90 Å². The van der Waals surface area contributed by atoms with Gasteiger partial charge in [-0.25, -0.2) is 0 Å². The molecule has 78 valence electrons. The van der Waals surface area contributed by atoms with Crippen LogP contribution >= 0.6 is 0 Å². The Bertz CT molecular complexity index is 147. The number of ether oxygens (including phenoxy) is 1. The van der Waals surface area contributed by atoms with Gasteiger partial charge < -0.3 is 15.2 Å².